The Bertz CT molecular complexity index is 1350. The van der Waals surface area contributed by atoms with Gasteiger partial charge in [-0.25, -0.2) is 13.2 Å². The van der Waals surface area contributed by atoms with Gasteiger partial charge in [0, 0.05) is 18.8 Å². The molecule has 34 heavy (non-hydrogen) atoms. The minimum absolute atomic E-state index is 0.0637. The van der Waals surface area contributed by atoms with Crippen LogP contribution in [0.3, 0.4) is 0 Å². The number of ether oxygens (including phenoxy) is 1. The number of rotatable bonds is 8. The maximum atomic E-state index is 13.4. The van der Waals surface area contributed by atoms with Crippen molar-refractivity contribution in [3.05, 3.63) is 94.3 Å². The predicted octanol–water partition coefficient (Wildman–Crippen LogP) is 3.35. The number of halogens is 1. The van der Waals surface area contributed by atoms with Crippen LogP contribution in [0.15, 0.2) is 77.7 Å². The average Bonchev–Trinajstić information content (AvgIpc) is 2.83. The molecule has 3 aromatic carbocycles. The minimum Gasteiger partial charge on any atom is -0.452 e. The highest BCUT2D eigenvalue weighted by molar-refractivity contribution is 7.92. The van der Waals surface area contributed by atoms with Gasteiger partial charge in [0.2, 0.25) is 5.82 Å². The summed E-state index contributed by atoms with van der Waals surface area (Å²) in [5.41, 5.74) is -0.569. The summed E-state index contributed by atoms with van der Waals surface area (Å²) in [6, 6.07) is 16.2. The lowest BCUT2D eigenvalue weighted by Gasteiger charge is -2.19. The summed E-state index contributed by atoms with van der Waals surface area (Å²) >= 11 is 0. The molecule has 176 valence electrons. The van der Waals surface area contributed by atoms with Crippen LogP contribution in [0.4, 0.5) is 21.5 Å². The van der Waals surface area contributed by atoms with Crippen molar-refractivity contribution in [1.29, 1.82) is 0 Å². The number of para-hydroxylation sites is 1. The first kappa shape index (κ1) is 24.3. The van der Waals surface area contributed by atoms with Gasteiger partial charge in [-0.05, 0) is 42.5 Å². The number of benzene rings is 3. The van der Waals surface area contributed by atoms with Crippen molar-refractivity contribution in [2.24, 2.45) is 0 Å². The Morgan fingerprint density at radius 1 is 1.06 bits per heavy atom. The fraction of sp³-hybridized carbons (Fsp3) is 0.0909. The molecule has 0 bridgehead atoms. The van der Waals surface area contributed by atoms with Crippen LogP contribution in [0.25, 0.3) is 0 Å². The number of hydrogen-bond donors (Lipinski definition) is 1. The Balaban J connectivity index is 1.67. The second-order valence-corrected chi connectivity index (χ2v) is 8.85. The predicted molar refractivity (Wildman–Crippen MR) is 120 cm³/mol. The molecular weight excluding hydrogens is 469 g/mol. The molecule has 0 heterocycles. The van der Waals surface area contributed by atoms with Gasteiger partial charge in [0.15, 0.2) is 6.61 Å². The molecule has 0 unspecified atom stereocenters. The third-order valence-corrected chi connectivity index (χ3v) is 6.39. The lowest BCUT2D eigenvalue weighted by Crippen LogP contribution is -2.26. The topological polar surface area (TPSA) is 136 Å². The SMILES string of the molecule is CN(c1ccccc1)S(=O)(=O)c1cccc(C(=O)OCC(=O)Nc2ccc(F)c([N+](=O)[O-])c2)c1. The van der Waals surface area contributed by atoms with Gasteiger partial charge in [-0.15, -0.1) is 0 Å². The molecule has 3 rings (SSSR count). The summed E-state index contributed by atoms with van der Waals surface area (Å²) in [6.45, 7) is -0.759. The standard InChI is InChI=1S/C22H18FN3O7S/c1-25(17-7-3-2-4-8-17)34(31,32)18-9-5-6-15(12-18)22(28)33-14-21(27)24-16-10-11-19(23)20(13-16)26(29)30/h2-13H,14H2,1H3,(H,24,27). The largest absolute Gasteiger partial charge is 0.452 e. The number of nitrogens with one attached hydrogen (secondary N) is 1. The van der Waals surface area contributed by atoms with Gasteiger partial charge in [0.1, 0.15) is 0 Å². The second-order valence-electron chi connectivity index (χ2n) is 6.88. The maximum Gasteiger partial charge on any atom is 0.338 e. The van der Waals surface area contributed by atoms with Crippen LogP contribution < -0.4 is 9.62 Å². The normalized spacial score (nSPS) is 10.9. The van der Waals surface area contributed by atoms with E-state index < -0.39 is 44.9 Å². The number of esters is 1. The monoisotopic (exact) mass is 487 g/mol. The molecule has 0 aliphatic heterocycles. The van der Waals surface area contributed by atoms with E-state index in [2.05, 4.69) is 5.32 Å². The van der Waals surface area contributed by atoms with Gasteiger partial charge >= 0.3 is 11.7 Å². The minimum atomic E-state index is -3.97. The van der Waals surface area contributed by atoms with E-state index in [-0.39, 0.29) is 16.1 Å². The van der Waals surface area contributed by atoms with E-state index >= 15 is 0 Å². The Labute approximate surface area is 193 Å². The fourth-order valence-electron chi connectivity index (χ4n) is 2.86. The van der Waals surface area contributed by atoms with Crippen molar-refractivity contribution in [1.82, 2.24) is 0 Å². The highest BCUT2D eigenvalue weighted by Gasteiger charge is 2.23. The van der Waals surface area contributed by atoms with Gasteiger partial charge in [-0.3, -0.25) is 19.2 Å². The molecule has 0 aromatic heterocycles. The van der Waals surface area contributed by atoms with Crippen LogP contribution in [0, 0.1) is 15.9 Å². The Morgan fingerprint density at radius 3 is 2.44 bits per heavy atom. The highest BCUT2D eigenvalue weighted by atomic mass is 32.2. The summed E-state index contributed by atoms with van der Waals surface area (Å²) in [5, 5.41) is 13.0. The molecule has 0 saturated carbocycles. The van der Waals surface area contributed by atoms with Gasteiger partial charge < -0.3 is 10.1 Å². The van der Waals surface area contributed by atoms with Crippen molar-refractivity contribution in [2.45, 2.75) is 4.90 Å². The number of amides is 1. The first-order valence-corrected chi connectivity index (χ1v) is 11.1. The van der Waals surface area contributed by atoms with E-state index in [1.54, 1.807) is 30.3 Å². The maximum absolute atomic E-state index is 13.4. The van der Waals surface area contributed by atoms with Crippen LogP contribution in [0.1, 0.15) is 10.4 Å². The van der Waals surface area contributed by atoms with Crippen molar-refractivity contribution >= 4 is 39.0 Å². The first-order chi connectivity index (χ1) is 16.1. The van der Waals surface area contributed by atoms with Crippen molar-refractivity contribution < 1.29 is 32.1 Å². The molecule has 0 fully saturated rings. The molecule has 1 N–H and O–H groups in total. The Morgan fingerprint density at radius 2 is 1.76 bits per heavy atom. The van der Waals surface area contributed by atoms with Crippen LogP contribution in [-0.2, 0) is 19.6 Å². The molecule has 10 nitrogen and oxygen atoms in total. The summed E-state index contributed by atoms with van der Waals surface area (Å²) in [7, 11) is -2.60. The zero-order valence-electron chi connectivity index (χ0n) is 17.7. The lowest BCUT2D eigenvalue weighted by molar-refractivity contribution is -0.387. The van der Waals surface area contributed by atoms with Crippen molar-refractivity contribution in [3.63, 3.8) is 0 Å². The van der Waals surface area contributed by atoms with E-state index in [4.69, 9.17) is 4.74 Å². The summed E-state index contributed by atoms with van der Waals surface area (Å²) < 4.78 is 45.2. The van der Waals surface area contributed by atoms with Crippen LogP contribution >= 0.6 is 0 Å². The molecule has 12 heteroatoms. The number of nitrogens with zero attached hydrogens (tertiary/aromatic N) is 2. The summed E-state index contributed by atoms with van der Waals surface area (Å²) in [4.78, 5) is 34.1. The van der Waals surface area contributed by atoms with E-state index in [0.717, 1.165) is 28.6 Å². The highest BCUT2D eigenvalue weighted by Crippen LogP contribution is 2.23. The van der Waals surface area contributed by atoms with Crippen molar-refractivity contribution in [2.75, 3.05) is 23.3 Å². The van der Waals surface area contributed by atoms with Gasteiger partial charge in [0.05, 0.1) is 21.1 Å². The van der Waals surface area contributed by atoms with Gasteiger partial charge in [-0.2, -0.15) is 4.39 Å². The number of anilines is 2. The summed E-state index contributed by atoms with van der Waals surface area (Å²) in [6.07, 6.45) is 0. The average molecular weight is 487 g/mol. The smallest absolute Gasteiger partial charge is 0.338 e. The second kappa shape index (κ2) is 10.1. The third-order valence-electron chi connectivity index (χ3n) is 4.61. The van der Waals surface area contributed by atoms with E-state index in [0.29, 0.717) is 5.69 Å². The number of sulfonamides is 1. The number of nitro benzene ring substituents is 1. The quantitative estimate of drug-likeness (QED) is 0.292. The molecule has 1 amide bonds. The fourth-order valence-corrected chi connectivity index (χ4v) is 4.10. The van der Waals surface area contributed by atoms with E-state index in [9.17, 15) is 32.5 Å². The lowest BCUT2D eigenvalue weighted by atomic mass is 10.2. The number of hydrogen-bond acceptors (Lipinski definition) is 7. The molecule has 0 spiro atoms. The van der Waals surface area contributed by atoms with Gasteiger partial charge in [-0.1, -0.05) is 24.3 Å². The third kappa shape index (κ3) is 5.53. The number of carbonyl (C=O) groups is 2. The van der Waals surface area contributed by atoms with Crippen LogP contribution in [-0.4, -0.2) is 38.9 Å². The molecule has 0 radical (unpaired) electrons. The molecule has 0 aliphatic rings. The molecular formula is C22H18FN3O7S. The molecule has 0 aliphatic carbocycles. The Kier molecular flexibility index (Phi) is 7.21. The molecule has 0 atom stereocenters. The van der Waals surface area contributed by atoms with Gasteiger partial charge in [0.25, 0.3) is 15.9 Å². The molecule has 0 saturated heterocycles. The number of carbonyl (C=O) groups excluding carboxylic acids is 2. The zero-order valence-corrected chi connectivity index (χ0v) is 18.5. The first-order valence-electron chi connectivity index (χ1n) is 9.64. The molecule has 3 aromatic rings. The van der Waals surface area contributed by atoms with Crippen LogP contribution in [0.2, 0.25) is 0 Å². The van der Waals surface area contributed by atoms with E-state index in [1.165, 1.54) is 25.2 Å². The van der Waals surface area contributed by atoms with Crippen molar-refractivity contribution in [3.8, 4) is 0 Å². The summed E-state index contributed by atoms with van der Waals surface area (Å²) in [5.74, 6) is -2.86. The number of nitro groups is 1. The van der Waals surface area contributed by atoms with E-state index in [1.807, 2.05) is 0 Å². The Hall–Kier alpha value is -4.32. The van der Waals surface area contributed by atoms with Crippen LogP contribution in [0.5, 0.6) is 0 Å². The zero-order chi connectivity index (χ0) is 24.9.